The first-order valence-corrected chi connectivity index (χ1v) is 9.59. The topological polar surface area (TPSA) is 106 Å². The van der Waals surface area contributed by atoms with Crippen LogP contribution in [0.1, 0.15) is 13.8 Å². The summed E-state index contributed by atoms with van der Waals surface area (Å²) in [6.45, 7) is 3.71. The summed E-state index contributed by atoms with van der Waals surface area (Å²) in [4.78, 5) is 43.4. The standard InChI is InChI=1S/C21H21N5O4/c1-3-25-20(29)14-8-4-5-9-15(14)22-21(25)24-23-19(28)18-12-26(13(2)27)16-10-6-7-11-17(16)30-18/h4-11,18H,3,12H2,1-2H3,(H,22,24)(H,23,28). The van der Waals surface area contributed by atoms with Gasteiger partial charge in [0.1, 0.15) is 5.75 Å². The Morgan fingerprint density at radius 1 is 1.17 bits per heavy atom. The molecule has 1 aromatic heterocycles. The van der Waals surface area contributed by atoms with Crippen LogP contribution in [0.5, 0.6) is 5.75 Å². The fourth-order valence-corrected chi connectivity index (χ4v) is 3.42. The minimum atomic E-state index is -0.918. The summed E-state index contributed by atoms with van der Waals surface area (Å²) in [5, 5.41) is 0.501. The summed E-state index contributed by atoms with van der Waals surface area (Å²) in [5.74, 6) is -0.00378. The molecule has 0 bridgehead atoms. The van der Waals surface area contributed by atoms with Crippen molar-refractivity contribution in [2.24, 2.45) is 0 Å². The maximum atomic E-state index is 12.7. The number of rotatable bonds is 4. The molecule has 9 heteroatoms. The van der Waals surface area contributed by atoms with E-state index in [2.05, 4.69) is 15.8 Å². The van der Waals surface area contributed by atoms with E-state index in [1.54, 1.807) is 48.5 Å². The van der Waals surface area contributed by atoms with Crippen molar-refractivity contribution >= 4 is 34.4 Å². The fourth-order valence-electron chi connectivity index (χ4n) is 3.42. The number of nitrogens with one attached hydrogen (secondary N) is 2. The molecule has 4 rings (SSSR count). The van der Waals surface area contributed by atoms with E-state index >= 15 is 0 Å². The van der Waals surface area contributed by atoms with Crippen LogP contribution in [0.3, 0.4) is 0 Å². The molecule has 1 unspecified atom stereocenters. The molecule has 2 heterocycles. The molecule has 2 aromatic carbocycles. The van der Waals surface area contributed by atoms with Crippen molar-refractivity contribution < 1.29 is 14.3 Å². The van der Waals surface area contributed by atoms with Crippen LogP contribution in [0, 0.1) is 0 Å². The van der Waals surface area contributed by atoms with Gasteiger partial charge in [-0.25, -0.2) is 4.98 Å². The lowest BCUT2D eigenvalue weighted by molar-refractivity contribution is -0.127. The molecular weight excluding hydrogens is 386 g/mol. The second-order valence-corrected chi connectivity index (χ2v) is 6.82. The Morgan fingerprint density at radius 3 is 2.67 bits per heavy atom. The first-order valence-electron chi connectivity index (χ1n) is 9.59. The van der Waals surface area contributed by atoms with Crippen molar-refractivity contribution in [2.45, 2.75) is 26.5 Å². The number of aromatic nitrogens is 2. The summed E-state index contributed by atoms with van der Waals surface area (Å²) in [5.41, 5.74) is 6.23. The van der Waals surface area contributed by atoms with Crippen molar-refractivity contribution in [2.75, 3.05) is 16.9 Å². The number of carbonyl (C=O) groups is 2. The number of anilines is 2. The van der Waals surface area contributed by atoms with Crippen LogP contribution in [0.25, 0.3) is 10.9 Å². The van der Waals surface area contributed by atoms with Gasteiger partial charge in [0.05, 0.1) is 23.1 Å². The molecule has 1 aliphatic rings. The predicted molar refractivity (Wildman–Crippen MR) is 112 cm³/mol. The third-order valence-corrected chi connectivity index (χ3v) is 4.92. The Kier molecular flexibility index (Phi) is 5.09. The van der Waals surface area contributed by atoms with E-state index < -0.39 is 12.0 Å². The number of hydrazine groups is 1. The Bertz CT molecular complexity index is 1190. The molecule has 1 aliphatic heterocycles. The SMILES string of the molecule is CCn1c(NNC(=O)C2CN(C(C)=O)c3ccccc3O2)nc2ccccc2c1=O. The van der Waals surface area contributed by atoms with E-state index in [0.29, 0.717) is 28.9 Å². The van der Waals surface area contributed by atoms with Crippen LogP contribution in [-0.4, -0.2) is 34.0 Å². The normalized spacial score (nSPS) is 15.3. The van der Waals surface area contributed by atoms with Crippen molar-refractivity contribution in [1.29, 1.82) is 0 Å². The van der Waals surface area contributed by atoms with Crippen LogP contribution >= 0.6 is 0 Å². The van der Waals surface area contributed by atoms with E-state index in [1.165, 1.54) is 16.4 Å². The zero-order valence-corrected chi connectivity index (χ0v) is 16.6. The molecular formula is C21H21N5O4. The van der Waals surface area contributed by atoms with E-state index in [0.717, 1.165) is 0 Å². The largest absolute Gasteiger partial charge is 0.476 e. The third-order valence-electron chi connectivity index (χ3n) is 4.92. The van der Waals surface area contributed by atoms with Crippen molar-refractivity contribution in [3.05, 3.63) is 58.9 Å². The molecule has 0 saturated heterocycles. The van der Waals surface area contributed by atoms with Gasteiger partial charge in [-0.3, -0.25) is 29.8 Å². The minimum absolute atomic E-state index is 0.0750. The third kappa shape index (κ3) is 3.45. The second-order valence-electron chi connectivity index (χ2n) is 6.82. The molecule has 0 radical (unpaired) electrons. The van der Waals surface area contributed by atoms with Crippen LogP contribution in [0.4, 0.5) is 11.6 Å². The zero-order valence-electron chi connectivity index (χ0n) is 16.6. The van der Waals surface area contributed by atoms with E-state index in [9.17, 15) is 14.4 Å². The number of hydrogen-bond acceptors (Lipinski definition) is 6. The van der Waals surface area contributed by atoms with Crippen LogP contribution in [0.2, 0.25) is 0 Å². The number of hydrogen-bond donors (Lipinski definition) is 2. The zero-order chi connectivity index (χ0) is 21.3. The lowest BCUT2D eigenvalue weighted by Crippen LogP contribution is -2.51. The van der Waals surface area contributed by atoms with Gasteiger partial charge in [0.15, 0.2) is 6.10 Å². The number of benzene rings is 2. The highest BCUT2D eigenvalue weighted by atomic mass is 16.5. The average molecular weight is 407 g/mol. The molecule has 0 saturated carbocycles. The summed E-state index contributed by atoms with van der Waals surface area (Å²) in [6, 6.07) is 14.1. The molecule has 0 aliphatic carbocycles. The number of carbonyl (C=O) groups excluding carboxylic acids is 2. The highest BCUT2D eigenvalue weighted by Crippen LogP contribution is 2.33. The van der Waals surface area contributed by atoms with Crippen molar-refractivity contribution in [3.63, 3.8) is 0 Å². The summed E-state index contributed by atoms with van der Waals surface area (Å²) in [6.07, 6.45) is -0.918. The molecule has 30 heavy (non-hydrogen) atoms. The molecule has 0 spiro atoms. The van der Waals surface area contributed by atoms with E-state index in [1.807, 2.05) is 6.92 Å². The molecule has 2 N–H and O–H groups in total. The first kappa shape index (κ1) is 19.4. The van der Waals surface area contributed by atoms with Gasteiger partial charge in [-0.2, -0.15) is 0 Å². The Labute approximate surface area is 172 Å². The number of nitrogens with zero attached hydrogens (tertiary/aromatic N) is 3. The van der Waals surface area contributed by atoms with Crippen LogP contribution < -0.4 is 26.0 Å². The highest BCUT2D eigenvalue weighted by Gasteiger charge is 2.32. The minimum Gasteiger partial charge on any atom is -0.476 e. The molecule has 2 amide bonds. The first-order chi connectivity index (χ1) is 14.5. The fraction of sp³-hybridized carbons (Fsp3) is 0.238. The van der Waals surface area contributed by atoms with Gasteiger partial charge in [-0.15, -0.1) is 0 Å². The maximum absolute atomic E-state index is 12.7. The lowest BCUT2D eigenvalue weighted by atomic mass is 10.2. The van der Waals surface area contributed by atoms with Gasteiger partial charge in [-0.1, -0.05) is 24.3 Å². The Morgan fingerprint density at radius 2 is 1.90 bits per heavy atom. The number of ether oxygens (including phenoxy) is 1. The molecule has 9 nitrogen and oxygen atoms in total. The summed E-state index contributed by atoms with van der Waals surface area (Å²) in [7, 11) is 0. The van der Waals surface area contributed by atoms with Gasteiger partial charge in [0.2, 0.25) is 11.9 Å². The van der Waals surface area contributed by atoms with Gasteiger partial charge in [-0.05, 0) is 31.2 Å². The van der Waals surface area contributed by atoms with E-state index in [-0.39, 0.29) is 24.0 Å². The molecule has 1 atom stereocenters. The van der Waals surface area contributed by atoms with Crippen LogP contribution in [0.15, 0.2) is 53.3 Å². The number of amides is 2. The smallest absolute Gasteiger partial charge is 0.281 e. The van der Waals surface area contributed by atoms with Gasteiger partial charge >= 0.3 is 0 Å². The molecule has 154 valence electrons. The van der Waals surface area contributed by atoms with Crippen LogP contribution in [-0.2, 0) is 16.1 Å². The quantitative estimate of drug-likeness (QED) is 0.638. The van der Waals surface area contributed by atoms with Gasteiger partial charge in [0, 0.05) is 13.5 Å². The maximum Gasteiger partial charge on any atom is 0.281 e. The molecule has 3 aromatic rings. The predicted octanol–water partition coefficient (Wildman–Crippen LogP) is 1.67. The number of fused-ring (bicyclic) bond motifs is 2. The van der Waals surface area contributed by atoms with E-state index in [4.69, 9.17) is 4.74 Å². The van der Waals surface area contributed by atoms with Gasteiger partial charge < -0.3 is 9.64 Å². The summed E-state index contributed by atoms with van der Waals surface area (Å²) >= 11 is 0. The lowest BCUT2D eigenvalue weighted by Gasteiger charge is -2.33. The van der Waals surface area contributed by atoms with Crippen molar-refractivity contribution in [3.8, 4) is 5.75 Å². The number of para-hydroxylation sites is 3. The average Bonchev–Trinajstić information content (AvgIpc) is 2.76. The Balaban J connectivity index is 1.56. The monoisotopic (exact) mass is 407 g/mol. The van der Waals surface area contributed by atoms with Gasteiger partial charge in [0.25, 0.3) is 11.5 Å². The highest BCUT2D eigenvalue weighted by molar-refractivity contribution is 5.96. The Hall–Kier alpha value is -3.88. The second kappa shape index (κ2) is 7.86. The van der Waals surface area contributed by atoms with Crippen molar-refractivity contribution in [1.82, 2.24) is 15.0 Å². The summed E-state index contributed by atoms with van der Waals surface area (Å²) < 4.78 is 7.21. The molecule has 0 fully saturated rings.